The topological polar surface area (TPSA) is 69.0 Å². The van der Waals surface area contributed by atoms with Gasteiger partial charge in [-0.15, -0.1) is 10.2 Å². The zero-order valence-electron chi connectivity index (χ0n) is 15.7. The Bertz CT molecular complexity index is 944. The molecule has 0 saturated carbocycles. The summed E-state index contributed by atoms with van der Waals surface area (Å²) >= 11 is 4.81. The Labute approximate surface area is 176 Å². The predicted octanol–water partition coefficient (Wildman–Crippen LogP) is 4.86. The van der Waals surface area contributed by atoms with Gasteiger partial charge in [-0.1, -0.05) is 52.0 Å². The van der Waals surface area contributed by atoms with E-state index in [4.69, 9.17) is 4.74 Å². The molecule has 0 atom stereocenters. The second kappa shape index (κ2) is 9.75. The highest BCUT2D eigenvalue weighted by molar-refractivity contribution is 9.10. The van der Waals surface area contributed by atoms with Crippen LogP contribution in [0.4, 0.5) is 5.69 Å². The van der Waals surface area contributed by atoms with Crippen molar-refractivity contribution in [3.63, 3.8) is 0 Å². The van der Waals surface area contributed by atoms with Crippen LogP contribution in [-0.4, -0.2) is 33.0 Å². The number of nitrogens with one attached hydrogen (secondary N) is 1. The van der Waals surface area contributed by atoms with Gasteiger partial charge in [-0.05, 0) is 38.1 Å². The number of hydrogen-bond acceptors (Lipinski definition) is 5. The lowest BCUT2D eigenvalue weighted by Crippen LogP contribution is -2.15. The fourth-order valence-corrected chi connectivity index (χ4v) is 3.73. The molecule has 1 amide bonds. The van der Waals surface area contributed by atoms with E-state index in [2.05, 4.69) is 31.4 Å². The van der Waals surface area contributed by atoms with Crippen molar-refractivity contribution in [3.8, 4) is 17.1 Å². The normalized spacial score (nSPS) is 10.7. The van der Waals surface area contributed by atoms with Gasteiger partial charge in [-0.3, -0.25) is 4.79 Å². The molecular formula is C20H21BrN4O2S. The van der Waals surface area contributed by atoms with Gasteiger partial charge in [0.15, 0.2) is 11.0 Å². The van der Waals surface area contributed by atoms with Crippen LogP contribution >= 0.6 is 27.7 Å². The summed E-state index contributed by atoms with van der Waals surface area (Å²) in [6, 6.07) is 15.3. The van der Waals surface area contributed by atoms with E-state index in [1.54, 1.807) is 0 Å². The molecule has 0 unspecified atom stereocenters. The number of para-hydroxylation sites is 2. The number of benzene rings is 2. The second-order valence-electron chi connectivity index (χ2n) is 5.82. The van der Waals surface area contributed by atoms with Crippen molar-refractivity contribution < 1.29 is 9.53 Å². The van der Waals surface area contributed by atoms with E-state index in [1.165, 1.54) is 11.8 Å². The summed E-state index contributed by atoms with van der Waals surface area (Å²) in [4.78, 5) is 12.4. The number of thioether (sulfide) groups is 1. The van der Waals surface area contributed by atoms with Crippen LogP contribution in [0, 0.1) is 0 Å². The lowest BCUT2D eigenvalue weighted by atomic mass is 10.2. The molecule has 0 spiro atoms. The first-order valence-corrected chi connectivity index (χ1v) is 10.7. The zero-order valence-corrected chi connectivity index (χ0v) is 18.1. The van der Waals surface area contributed by atoms with Gasteiger partial charge in [0.1, 0.15) is 5.75 Å². The number of carbonyl (C=O) groups is 1. The van der Waals surface area contributed by atoms with Crippen LogP contribution in [0.3, 0.4) is 0 Å². The van der Waals surface area contributed by atoms with Crippen molar-refractivity contribution in [1.82, 2.24) is 14.8 Å². The van der Waals surface area contributed by atoms with Crippen LogP contribution in [-0.2, 0) is 11.3 Å². The highest BCUT2D eigenvalue weighted by Gasteiger charge is 2.15. The molecule has 0 aliphatic rings. The van der Waals surface area contributed by atoms with E-state index >= 15 is 0 Å². The Morgan fingerprint density at radius 2 is 1.89 bits per heavy atom. The third-order valence-electron chi connectivity index (χ3n) is 3.93. The average molecular weight is 461 g/mol. The van der Waals surface area contributed by atoms with Crippen molar-refractivity contribution in [2.24, 2.45) is 0 Å². The van der Waals surface area contributed by atoms with Crippen molar-refractivity contribution in [2.45, 2.75) is 25.5 Å². The minimum Gasteiger partial charge on any atom is -0.492 e. The molecule has 1 N–H and O–H groups in total. The van der Waals surface area contributed by atoms with Crippen molar-refractivity contribution in [2.75, 3.05) is 17.7 Å². The maximum Gasteiger partial charge on any atom is 0.234 e. The van der Waals surface area contributed by atoms with Gasteiger partial charge in [-0.2, -0.15) is 0 Å². The maximum atomic E-state index is 12.4. The molecule has 0 bridgehead atoms. The summed E-state index contributed by atoms with van der Waals surface area (Å²) in [5.41, 5.74) is 1.65. The number of nitrogens with zero attached hydrogens (tertiary/aromatic N) is 3. The number of hydrogen-bond donors (Lipinski definition) is 1. The van der Waals surface area contributed by atoms with Crippen molar-refractivity contribution in [1.29, 1.82) is 0 Å². The first-order valence-electron chi connectivity index (χ1n) is 8.96. The Kier molecular flexibility index (Phi) is 7.11. The van der Waals surface area contributed by atoms with Crippen molar-refractivity contribution in [3.05, 3.63) is 53.0 Å². The summed E-state index contributed by atoms with van der Waals surface area (Å²) in [6.07, 6.45) is 0. The molecule has 1 heterocycles. The fourth-order valence-electron chi connectivity index (χ4n) is 2.66. The summed E-state index contributed by atoms with van der Waals surface area (Å²) < 4.78 is 8.57. The number of carbonyl (C=O) groups excluding carboxylic acids is 1. The molecule has 0 aliphatic carbocycles. The summed E-state index contributed by atoms with van der Waals surface area (Å²) in [7, 11) is 0. The molecule has 8 heteroatoms. The number of ether oxygens (including phenoxy) is 1. The average Bonchev–Trinajstić information content (AvgIpc) is 3.11. The molecule has 146 valence electrons. The third kappa shape index (κ3) is 4.94. The minimum atomic E-state index is -0.118. The Hall–Kier alpha value is -2.32. The van der Waals surface area contributed by atoms with Gasteiger partial charge in [0.2, 0.25) is 5.91 Å². The van der Waals surface area contributed by atoms with E-state index in [1.807, 2.05) is 66.9 Å². The van der Waals surface area contributed by atoms with E-state index in [9.17, 15) is 4.79 Å². The molecule has 6 nitrogen and oxygen atoms in total. The zero-order chi connectivity index (χ0) is 19.9. The molecular weight excluding hydrogens is 440 g/mol. The SMILES string of the molecule is CCOc1ccccc1NC(=O)CSc1nnc(-c2ccc(Br)cc2)n1CC. The van der Waals surface area contributed by atoms with Crippen LogP contribution in [0.2, 0.25) is 0 Å². The van der Waals surface area contributed by atoms with Gasteiger partial charge in [0.05, 0.1) is 18.0 Å². The Morgan fingerprint density at radius 3 is 2.61 bits per heavy atom. The van der Waals surface area contributed by atoms with Crippen LogP contribution < -0.4 is 10.1 Å². The highest BCUT2D eigenvalue weighted by Crippen LogP contribution is 2.27. The van der Waals surface area contributed by atoms with Crippen molar-refractivity contribution >= 4 is 39.3 Å². The quantitative estimate of drug-likeness (QED) is 0.486. The lowest BCUT2D eigenvalue weighted by Gasteiger charge is -2.11. The number of amides is 1. The lowest BCUT2D eigenvalue weighted by molar-refractivity contribution is -0.113. The number of aromatic nitrogens is 3. The fraction of sp³-hybridized carbons (Fsp3) is 0.250. The van der Waals surface area contributed by atoms with Gasteiger partial charge in [0, 0.05) is 16.6 Å². The van der Waals surface area contributed by atoms with Crippen LogP contribution in [0.5, 0.6) is 5.75 Å². The number of halogens is 1. The molecule has 28 heavy (non-hydrogen) atoms. The highest BCUT2D eigenvalue weighted by atomic mass is 79.9. The first-order chi connectivity index (χ1) is 13.6. The monoisotopic (exact) mass is 460 g/mol. The second-order valence-corrected chi connectivity index (χ2v) is 7.68. The molecule has 0 saturated heterocycles. The van der Waals surface area contributed by atoms with Crippen LogP contribution in [0.25, 0.3) is 11.4 Å². The minimum absolute atomic E-state index is 0.118. The largest absolute Gasteiger partial charge is 0.492 e. The van der Waals surface area contributed by atoms with Crippen LogP contribution in [0.15, 0.2) is 58.2 Å². The Morgan fingerprint density at radius 1 is 1.14 bits per heavy atom. The molecule has 0 radical (unpaired) electrons. The summed E-state index contributed by atoms with van der Waals surface area (Å²) in [6.45, 7) is 5.21. The maximum absolute atomic E-state index is 12.4. The summed E-state index contributed by atoms with van der Waals surface area (Å²) in [5, 5.41) is 12.2. The molecule has 0 fully saturated rings. The standard InChI is InChI=1S/C20H21BrN4O2S/c1-3-25-19(14-9-11-15(21)12-10-14)23-24-20(25)28-13-18(26)22-16-7-5-6-8-17(16)27-4-2/h5-12H,3-4,13H2,1-2H3,(H,22,26). The van der Waals surface area contributed by atoms with E-state index in [-0.39, 0.29) is 11.7 Å². The molecule has 1 aromatic heterocycles. The van der Waals surface area contributed by atoms with E-state index in [0.717, 1.165) is 22.4 Å². The smallest absolute Gasteiger partial charge is 0.234 e. The number of anilines is 1. The number of rotatable bonds is 8. The van der Waals surface area contributed by atoms with Gasteiger partial charge in [-0.25, -0.2) is 0 Å². The van der Waals surface area contributed by atoms with Gasteiger partial charge >= 0.3 is 0 Å². The van der Waals surface area contributed by atoms with E-state index < -0.39 is 0 Å². The summed E-state index contributed by atoms with van der Waals surface area (Å²) in [5.74, 6) is 1.57. The van der Waals surface area contributed by atoms with E-state index in [0.29, 0.717) is 23.2 Å². The predicted molar refractivity (Wildman–Crippen MR) is 116 cm³/mol. The molecule has 2 aromatic carbocycles. The third-order valence-corrected chi connectivity index (χ3v) is 5.42. The molecule has 3 rings (SSSR count). The van der Waals surface area contributed by atoms with Crippen LogP contribution in [0.1, 0.15) is 13.8 Å². The first kappa shape index (κ1) is 20.4. The van der Waals surface area contributed by atoms with Gasteiger partial charge in [0.25, 0.3) is 0 Å². The van der Waals surface area contributed by atoms with Gasteiger partial charge < -0.3 is 14.6 Å². The molecule has 0 aliphatic heterocycles. The Balaban J connectivity index is 1.68. The molecule has 3 aromatic rings.